The summed E-state index contributed by atoms with van der Waals surface area (Å²) in [6.07, 6.45) is -4.25. The summed E-state index contributed by atoms with van der Waals surface area (Å²) in [6, 6.07) is 5.73. The van der Waals surface area contributed by atoms with Gasteiger partial charge >= 0.3 is 6.18 Å². The molecule has 0 atom stereocenters. The maximum atomic E-state index is 14.5. The molecule has 0 N–H and O–H groups in total. The van der Waals surface area contributed by atoms with Gasteiger partial charge in [0.25, 0.3) is 0 Å². The second-order valence-electron chi connectivity index (χ2n) is 6.61. The summed E-state index contributed by atoms with van der Waals surface area (Å²) < 4.78 is 90.5. The third-order valence-electron chi connectivity index (χ3n) is 4.31. The molecule has 1 fully saturated rings. The molecule has 0 spiro atoms. The molecule has 0 radical (unpaired) electrons. The quantitative estimate of drug-likeness (QED) is 0.212. The van der Waals surface area contributed by atoms with Gasteiger partial charge in [-0.25, -0.2) is 13.2 Å². The molecular formula is C21H15F6IO2. The van der Waals surface area contributed by atoms with E-state index in [1.807, 2.05) is 0 Å². The monoisotopic (exact) mass is 540 g/mol. The zero-order valence-electron chi connectivity index (χ0n) is 15.3. The molecule has 0 aliphatic carbocycles. The van der Waals surface area contributed by atoms with Crippen LogP contribution in [0.15, 0.2) is 30.3 Å². The van der Waals surface area contributed by atoms with Crippen LogP contribution in [0.5, 0.6) is 0 Å². The predicted molar refractivity (Wildman–Crippen MR) is 107 cm³/mol. The van der Waals surface area contributed by atoms with E-state index in [2.05, 4.69) is 22.6 Å². The van der Waals surface area contributed by atoms with E-state index in [4.69, 9.17) is 9.47 Å². The van der Waals surface area contributed by atoms with Gasteiger partial charge < -0.3 is 9.47 Å². The summed E-state index contributed by atoms with van der Waals surface area (Å²) in [5.41, 5.74) is -0.591. The Morgan fingerprint density at radius 3 is 2.17 bits per heavy atom. The minimum atomic E-state index is -4.88. The molecule has 1 saturated heterocycles. The normalized spacial score (nSPS) is 19.3. The molecule has 2 aromatic rings. The topological polar surface area (TPSA) is 18.5 Å². The minimum absolute atomic E-state index is 0.0789. The Morgan fingerprint density at radius 2 is 1.60 bits per heavy atom. The molecule has 1 heterocycles. The second-order valence-corrected chi connectivity index (χ2v) is 8.37. The van der Waals surface area contributed by atoms with E-state index in [0.29, 0.717) is 35.5 Å². The van der Waals surface area contributed by atoms with Crippen LogP contribution in [0.25, 0.3) is 11.1 Å². The van der Waals surface area contributed by atoms with Crippen molar-refractivity contribution in [2.45, 2.75) is 29.2 Å². The molecule has 2 aromatic carbocycles. The number of rotatable bonds is 4. The Morgan fingerprint density at radius 1 is 0.967 bits per heavy atom. The summed E-state index contributed by atoms with van der Waals surface area (Å²) in [5, 5.41) is 0. The van der Waals surface area contributed by atoms with Crippen LogP contribution in [-0.4, -0.2) is 29.6 Å². The van der Waals surface area contributed by atoms with Gasteiger partial charge in [-0.05, 0) is 35.7 Å². The minimum Gasteiger partial charge on any atom is -0.351 e. The van der Waals surface area contributed by atoms with Gasteiger partial charge in [0.15, 0.2) is 6.29 Å². The Labute approximate surface area is 182 Å². The molecule has 0 aromatic heterocycles. The first-order valence-corrected chi connectivity index (χ1v) is 10.1. The number of alkyl halides is 4. The first-order valence-electron chi connectivity index (χ1n) is 8.87. The molecular weight excluding hydrogens is 525 g/mol. The lowest BCUT2D eigenvalue weighted by Crippen LogP contribution is -2.32. The molecule has 0 saturated carbocycles. The molecule has 160 valence electrons. The van der Waals surface area contributed by atoms with Crippen LogP contribution in [0, 0.1) is 29.3 Å². The van der Waals surface area contributed by atoms with Gasteiger partial charge in [-0.2, -0.15) is 13.2 Å². The van der Waals surface area contributed by atoms with E-state index in [-0.39, 0.29) is 17.4 Å². The Bertz CT molecular complexity index is 949. The fraction of sp³-hybridized carbons (Fsp3) is 0.333. The fourth-order valence-corrected chi connectivity index (χ4v) is 3.32. The molecule has 9 heteroatoms. The number of benzene rings is 2. The van der Waals surface area contributed by atoms with Gasteiger partial charge in [0.05, 0.1) is 22.7 Å². The van der Waals surface area contributed by atoms with Gasteiger partial charge in [-0.3, -0.25) is 0 Å². The van der Waals surface area contributed by atoms with Crippen molar-refractivity contribution < 1.29 is 35.8 Å². The third-order valence-corrected chi connectivity index (χ3v) is 5.03. The number of ether oxygens (including phenoxy) is 2. The van der Waals surface area contributed by atoms with Crippen molar-refractivity contribution in [2.75, 3.05) is 13.2 Å². The van der Waals surface area contributed by atoms with Crippen LogP contribution in [0.2, 0.25) is 0 Å². The van der Waals surface area contributed by atoms with E-state index >= 15 is 0 Å². The van der Waals surface area contributed by atoms with Gasteiger partial charge in [0.1, 0.15) is 17.5 Å². The van der Waals surface area contributed by atoms with Gasteiger partial charge in [-0.1, -0.05) is 40.6 Å². The SMILES string of the molecule is Fc1cc(CCC2OCC(I)CO2)ccc1-c1cc(F)c(C#CC(F)(F)F)c(F)c1. The maximum Gasteiger partial charge on any atom is 0.458 e. The highest BCUT2D eigenvalue weighted by Gasteiger charge is 2.24. The van der Waals surface area contributed by atoms with Crippen LogP contribution in [-0.2, 0) is 15.9 Å². The number of hydrogen-bond acceptors (Lipinski definition) is 2. The van der Waals surface area contributed by atoms with Crippen LogP contribution in [0.1, 0.15) is 17.5 Å². The maximum absolute atomic E-state index is 14.5. The number of hydrogen-bond donors (Lipinski definition) is 0. The van der Waals surface area contributed by atoms with Crippen LogP contribution in [0.3, 0.4) is 0 Å². The summed E-state index contributed by atoms with van der Waals surface area (Å²) in [6.45, 7) is 1.16. The van der Waals surface area contributed by atoms with Crippen molar-refractivity contribution in [3.8, 4) is 23.0 Å². The summed E-state index contributed by atoms with van der Waals surface area (Å²) in [5.74, 6) is -1.06. The number of aryl methyl sites for hydroxylation is 1. The Balaban J connectivity index is 1.75. The Kier molecular flexibility index (Phi) is 7.31. The van der Waals surface area contributed by atoms with Crippen molar-refractivity contribution in [1.82, 2.24) is 0 Å². The van der Waals surface area contributed by atoms with Crippen LogP contribution < -0.4 is 0 Å². The van der Waals surface area contributed by atoms with E-state index in [1.165, 1.54) is 18.1 Å². The molecule has 1 aliphatic heterocycles. The molecule has 1 aliphatic rings. The molecule has 0 unspecified atom stereocenters. The lowest BCUT2D eigenvalue weighted by Gasteiger charge is -2.26. The average molecular weight is 540 g/mol. The largest absolute Gasteiger partial charge is 0.458 e. The lowest BCUT2D eigenvalue weighted by atomic mass is 9.99. The smallest absolute Gasteiger partial charge is 0.351 e. The standard InChI is InChI=1S/C21H15F6IO2/c22-17-7-12(2-4-20-29-10-14(28)11-30-20)1-3-15(17)13-8-18(23)16(19(24)9-13)5-6-21(25,26)27/h1,3,7-9,14,20H,2,4,10-11H2. The van der Waals surface area contributed by atoms with E-state index < -0.39 is 29.2 Å². The molecule has 3 rings (SSSR count). The highest BCUT2D eigenvalue weighted by molar-refractivity contribution is 14.1. The molecule has 0 amide bonds. The summed E-state index contributed by atoms with van der Waals surface area (Å²) in [7, 11) is 0. The van der Waals surface area contributed by atoms with Gasteiger partial charge in [-0.15, -0.1) is 0 Å². The van der Waals surface area contributed by atoms with Crippen LogP contribution >= 0.6 is 22.6 Å². The zero-order valence-corrected chi connectivity index (χ0v) is 17.5. The molecule has 30 heavy (non-hydrogen) atoms. The van der Waals surface area contributed by atoms with Gasteiger partial charge in [0.2, 0.25) is 0 Å². The summed E-state index contributed by atoms with van der Waals surface area (Å²) in [4.78, 5) is 0. The molecule has 0 bridgehead atoms. The van der Waals surface area contributed by atoms with Gasteiger partial charge in [0, 0.05) is 17.9 Å². The zero-order chi connectivity index (χ0) is 21.9. The van der Waals surface area contributed by atoms with Crippen molar-refractivity contribution in [3.05, 3.63) is 58.9 Å². The van der Waals surface area contributed by atoms with Crippen molar-refractivity contribution in [3.63, 3.8) is 0 Å². The van der Waals surface area contributed by atoms with Crippen molar-refractivity contribution >= 4 is 22.6 Å². The lowest BCUT2D eigenvalue weighted by molar-refractivity contribution is -0.175. The highest BCUT2D eigenvalue weighted by Crippen LogP contribution is 2.28. The second kappa shape index (κ2) is 9.58. The fourth-order valence-electron chi connectivity index (χ4n) is 2.90. The third kappa shape index (κ3) is 6.12. The van der Waals surface area contributed by atoms with E-state index in [1.54, 1.807) is 6.07 Å². The highest BCUT2D eigenvalue weighted by atomic mass is 127. The van der Waals surface area contributed by atoms with Crippen molar-refractivity contribution in [2.24, 2.45) is 0 Å². The molecule has 2 nitrogen and oxygen atoms in total. The van der Waals surface area contributed by atoms with E-state index in [9.17, 15) is 26.3 Å². The van der Waals surface area contributed by atoms with E-state index in [0.717, 1.165) is 18.1 Å². The Hall–Kier alpha value is -1.77. The van der Waals surface area contributed by atoms with Crippen LogP contribution in [0.4, 0.5) is 26.3 Å². The number of halogens is 7. The van der Waals surface area contributed by atoms with Crippen molar-refractivity contribution in [1.29, 1.82) is 0 Å². The predicted octanol–water partition coefficient (Wildman–Crippen LogP) is 5.79. The summed E-state index contributed by atoms with van der Waals surface area (Å²) >= 11 is 2.22. The first-order chi connectivity index (χ1) is 14.1. The first kappa shape index (κ1) is 22.9. The average Bonchev–Trinajstić information content (AvgIpc) is 2.66.